The maximum Gasteiger partial charge on any atom is 0.269 e. The van der Waals surface area contributed by atoms with E-state index in [1.54, 1.807) is 24.3 Å². The Morgan fingerprint density at radius 1 is 0.871 bits per heavy atom. The fourth-order valence-electron chi connectivity index (χ4n) is 2.62. The molecule has 0 saturated carbocycles. The second kappa shape index (κ2) is 12.3. The summed E-state index contributed by atoms with van der Waals surface area (Å²) in [6.07, 6.45) is -0.0602. The molecule has 2 aromatic carbocycles. The zero-order chi connectivity index (χ0) is 22.6. The predicted octanol–water partition coefficient (Wildman–Crippen LogP) is 2.90. The second-order valence-electron chi connectivity index (χ2n) is 6.92. The first-order valence-electron chi connectivity index (χ1n) is 10.2. The maximum absolute atomic E-state index is 12.2. The van der Waals surface area contributed by atoms with Crippen molar-refractivity contribution in [3.8, 4) is 5.75 Å². The molecule has 2 aromatic rings. The lowest BCUT2D eigenvalue weighted by Gasteiger charge is -2.10. The Labute approximate surface area is 182 Å². The van der Waals surface area contributed by atoms with Crippen molar-refractivity contribution in [1.29, 1.82) is 0 Å². The molecule has 2 rings (SSSR count). The third kappa shape index (κ3) is 8.47. The predicted molar refractivity (Wildman–Crippen MR) is 118 cm³/mol. The van der Waals surface area contributed by atoms with E-state index in [0.717, 1.165) is 11.1 Å². The SMILES string of the molecule is CCOCCOc1cccc(C(=O)NNC(=O)CCC(=O)Nc2ccc(C)c(C)c2)c1. The highest BCUT2D eigenvalue weighted by Crippen LogP contribution is 2.15. The zero-order valence-electron chi connectivity index (χ0n) is 18.1. The Morgan fingerprint density at radius 3 is 2.39 bits per heavy atom. The van der Waals surface area contributed by atoms with Crippen molar-refractivity contribution in [3.05, 3.63) is 59.2 Å². The van der Waals surface area contributed by atoms with Crippen molar-refractivity contribution < 1.29 is 23.9 Å². The monoisotopic (exact) mass is 427 g/mol. The summed E-state index contributed by atoms with van der Waals surface area (Å²) in [7, 11) is 0. The quantitative estimate of drug-likeness (QED) is 0.399. The van der Waals surface area contributed by atoms with Crippen LogP contribution in [0.15, 0.2) is 42.5 Å². The Hall–Kier alpha value is -3.39. The van der Waals surface area contributed by atoms with Gasteiger partial charge in [0.25, 0.3) is 5.91 Å². The first-order chi connectivity index (χ1) is 14.9. The summed E-state index contributed by atoms with van der Waals surface area (Å²) in [5.74, 6) is -0.695. The fourth-order valence-corrected chi connectivity index (χ4v) is 2.62. The van der Waals surface area contributed by atoms with Gasteiger partial charge in [-0.1, -0.05) is 12.1 Å². The number of carbonyl (C=O) groups is 3. The van der Waals surface area contributed by atoms with E-state index in [-0.39, 0.29) is 18.7 Å². The molecular formula is C23H29N3O5. The van der Waals surface area contributed by atoms with Gasteiger partial charge in [0.1, 0.15) is 12.4 Å². The molecule has 0 unspecified atom stereocenters. The highest BCUT2D eigenvalue weighted by molar-refractivity contribution is 5.96. The number of rotatable bonds is 10. The van der Waals surface area contributed by atoms with Gasteiger partial charge in [0.15, 0.2) is 0 Å². The van der Waals surface area contributed by atoms with Crippen LogP contribution in [0.1, 0.15) is 41.3 Å². The van der Waals surface area contributed by atoms with Crippen molar-refractivity contribution in [3.63, 3.8) is 0 Å². The lowest BCUT2D eigenvalue weighted by molar-refractivity contribution is -0.124. The Morgan fingerprint density at radius 2 is 1.65 bits per heavy atom. The molecule has 0 bridgehead atoms. The second-order valence-corrected chi connectivity index (χ2v) is 6.92. The van der Waals surface area contributed by atoms with Gasteiger partial charge in [-0.05, 0) is 62.2 Å². The molecule has 0 aliphatic rings. The largest absolute Gasteiger partial charge is 0.491 e. The van der Waals surface area contributed by atoms with Crippen LogP contribution in [-0.2, 0) is 14.3 Å². The van der Waals surface area contributed by atoms with E-state index in [9.17, 15) is 14.4 Å². The summed E-state index contributed by atoms with van der Waals surface area (Å²) in [5.41, 5.74) is 7.88. The van der Waals surface area contributed by atoms with Crippen LogP contribution in [0.2, 0.25) is 0 Å². The third-order valence-electron chi connectivity index (χ3n) is 4.48. The van der Waals surface area contributed by atoms with Gasteiger partial charge >= 0.3 is 0 Å². The molecule has 0 aliphatic carbocycles. The Kier molecular flexibility index (Phi) is 9.51. The third-order valence-corrected chi connectivity index (χ3v) is 4.48. The van der Waals surface area contributed by atoms with E-state index in [0.29, 0.717) is 36.8 Å². The number of aryl methyl sites for hydroxylation is 2. The molecule has 0 radical (unpaired) electrons. The smallest absolute Gasteiger partial charge is 0.269 e. The Balaban J connectivity index is 1.73. The van der Waals surface area contributed by atoms with Crippen LogP contribution in [0, 0.1) is 13.8 Å². The van der Waals surface area contributed by atoms with Gasteiger partial charge in [0.05, 0.1) is 6.61 Å². The number of amides is 3. The van der Waals surface area contributed by atoms with Crippen LogP contribution < -0.4 is 20.9 Å². The molecule has 31 heavy (non-hydrogen) atoms. The summed E-state index contributed by atoms with van der Waals surface area (Å²) >= 11 is 0. The number of hydrogen-bond donors (Lipinski definition) is 3. The van der Waals surface area contributed by atoms with E-state index in [1.807, 2.05) is 39.0 Å². The average molecular weight is 428 g/mol. The van der Waals surface area contributed by atoms with Crippen LogP contribution in [-0.4, -0.2) is 37.5 Å². The van der Waals surface area contributed by atoms with Gasteiger partial charge in [-0.15, -0.1) is 0 Å². The number of benzene rings is 2. The van der Waals surface area contributed by atoms with Crippen molar-refractivity contribution in [1.82, 2.24) is 10.9 Å². The van der Waals surface area contributed by atoms with Crippen LogP contribution in [0.25, 0.3) is 0 Å². The molecule has 0 spiro atoms. The number of hydrazine groups is 1. The molecule has 0 aromatic heterocycles. The number of carbonyl (C=O) groups excluding carboxylic acids is 3. The molecule has 3 amide bonds. The minimum absolute atomic E-state index is 0.00220. The van der Waals surface area contributed by atoms with Gasteiger partial charge in [0.2, 0.25) is 11.8 Å². The van der Waals surface area contributed by atoms with Crippen LogP contribution >= 0.6 is 0 Å². The fraction of sp³-hybridized carbons (Fsp3) is 0.348. The molecule has 0 fully saturated rings. The normalized spacial score (nSPS) is 10.3. The number of anilines is 1. The van der Waals surface area contributed by atoms with Gasteiger partial charge in [-0.3, -0.25) is 25.2 Å². The first-order valence-corrected chi connectivity index (χ1v) is 10.2. The van der Waals surface area contributed by atoms with Crippen molar-refractivity contribution in [2.24, 2.45) is 0 Å². The lowest BCUT2D eigenvalue weighted by atomic mass is 10.1. The lowest BCUT2D eigenvalue weighted by Crippen LogP contribution is -2.41. The summed E-state index contributed by atoms with van der Waals surface area (Å²) in [6, 6.07) is 12.2. The maximum atomic E-state index is 12.2. The topological polar surface area (TPSA) is 106 Å². The molecule has 8 nitrogen and oxygen atoms in total. The summed E-state index contributed by atoms with van der Waals surface area (Å²) in [5, 5.41) is 2.76. The van der Waals surface area contributed by atoms with Crippen molar-refractivity contribution in [2.75, 3.05) is 25.1 Å². The number of hydrogen-bond acceptors (Lipinski definition) is 5. The van der Waals surface area contributed by atoms with Gasteiger partial charge in [0, 0.05) is 30.7 Å². The molecular weight excluding hydrogens is 398 g/mol. The highest BCUT2D eigenvalue weighted by atomic mass is 16.5. The van der Waals surface area contributed by atoms with Gasteiger partial charge in [-0.25, -0.2) is 0 Å². The number of ether oxygens (including phenoxy) is 2. The zero-order valence-corrected chi connectivity index (χ0v) is 18.1. The molecule has 0 heterocycles. The molecule has 3 N–H and O–H groups in total. The minimum atomic E-state index is -0.483. The molecule has 0 atom stereocenters. The van der Waals surface area contributed by atoms with Crippen LogP contribution in [0.4, 0.5) is 5.69 Å². The van der Waals surface area contributed by atoms with E-state index in [4.69, 9.17) is 9.47 Å². The van der Waals surface area contributed by atoms with Gasteiger partial charge < -0.3 is 14.8 Å². The standard InChI is InChI=1S/C23H29N3O5/c1-4-30-12-13-31-20-7-5-6-18(15-20)23(29)26-25-22(28)11-10-21(27)24-19-9-8-16(2)17(3)14-19/h5-9,14-15H,4,10-13H2,1-3H3,(H,24,27)(H,25,28)(H,26,29). The van der Waals surface area contributed by atoms with Crippen LogP contribution in [0.5, 0.6) is 5.75 Å². The summed E-state index contributed by atoms with van der Waals surface area (Å²) in [4.78, 5) is 36.2. The van der Waals surface area contributed by atoms with Gasteiger partial charge in [-0.2, -0.15) is 0 Å². The molecule has 0 saturated heterocycles. The van der Waals surface area contributed by atoms with Crippen molar-refractivity contribution in [2.45, 2.75) is 33.6 Å². The molecule has 0 aliphatic heterocycles. The minimum Gasteiger partial charge on any atom is -0.491 e. The highest BCUT2D eigenvalue weighted by Gasteiger charge is 2.11. The summed E-state index contributed by atoms with van der Waals surface area (Å²) < 4.78 is 10.7. The van der Waals surface area contributed by atoms with E-state index in [2.05, 4.69) is 16.2 Å². The van der Waals surface area contributed by atoms with E-state index < -0.39 is 11.8 Å². The molecule has 8 heteroatoms. The molecule has 166 valence electrons. The number of nitrogens with one attached hydrogen (secondary N) is 3. The summed E-state index contributed by atoms with van der Waals surface area (Å²) in [6.45, 7) is 7.30. The van der Waals surface area contributed by atoms with E-state index >= 15 is 0 Å². The van der Waals surface area contributed by atoms with E-state index in [1.165, 1.54) is 0 Å². The Bertz CT molecular complexity index is 914. The van der Waals surface area contributed by atoms with Crippen LogP contribution in [0.3, 0.4) is 0 Å². The average Bonchev–Trinajstić information content (AvgIpc) is 2.76. The van der Waals surface area contributed by atoms with Crippen molar-refractivity contribution >= 4 is 23.4 Å². The first kappa shape index (κ1) is 23.9.